The highest BCUT2D eigenvalue weighted by Crippen LogP contribution is 2.52. The number of rotatable bonds is 3. The minimum Gasteiger partial charge on any atom is -0.301 e. The Labute approximate surface area is 167 Å². The highest BCUT2D eigenvalue weighted by atomic mass is 32.9. The summed E-state index contributed by atoms with van der Waals surface area (Å²) in [7, 11) is 3.28. The molecule has 2 aromatic heterocycles. The van der Waals surface area contributed by atoms with E-state index in [1.54, 1.807) is 20.7 Å². The van der Waals surface area contributed by atoms with Crippen molar-refractivity contribution >= 4 is 56.3 Å². The minimum absolute atomic E-state index is 0.0384. The third-order valence-electron chi connectivity index (χ3n) is 4.38. The first-order valence-corrected chi connectivity index (χ1v) is 11.5. The van der Waals surface area contributed by atoms with Crippen molar-refractivity contribution in [3.8, 4) is 11.1 Å². The second-order valence-electron chi connectivity index (χ2n) is 6.55. The second kappa shape index (κ2) is 6.56. The van der Waals surface area contributed by atoms with Crippen molar-refractivity contribution < 1.29 is 4.79 Å². The van der Waals surface area contributed by atoms with E-state index in [0.717, 1.165) is 31.1 Å². The van der Waals surface area contributed by atoms with Crippen molar-refractivity contribution in [3.05, 3.63) is 38.8 Å². The van der Waals surface area contributed by atoms with Crippen LogP contribution in [0.2, 0.25) is 0 Å². The van der Waals surface area contributed by atoms with E-state index in [1.807, 2.05) is 17.0 Å². The Morgan fingerprint density at radius 2 is 2.19 bits per heavy atom. The van der Waals surface area contributed by atoms with Gasteiger partial charge in [0.1, 0.15) is 10.2 Å². The van der Waals surface area contributed by atoms with Gasteiger partial charge in [0.2, 0.25) is 5.91 Å². The van der Waals surface area contributed by atoms with Gasteiger partial charge in [-0.2, -0.15) is 5.10 Å². The highest BCUT2D eigenvalue weighted by molar-refractivity contribution is 7.99. The number of thioether (sulfide) groups is 1. The monoisotopic (exact) mass is 420 g/mol. The van der Waals surface area contributed by atoms with Crippen molar-refractivity contribution in [1.29, 1.82) is 0 Å². The van der Waals surface area contributed by atoms with Gasteiger partial charge in [0.15, 0.2) is 5.16 Å². The third-order valence-corrected chi connectivity index (χ3v) is 8.57. The van der Waals surface area contributed by atoms with E-state index in [9.17, 15) is 4.79 Å². The average molecular weight is 421 g/mol. The number of aryl methyl sites for hydroxylation is 1. The quantitative estimate of drug-likeness (QED) is 0.367. The highest BCUT2D eigenvalue weighted by Gasteiger charge is 2.42. The van der Waals surface area contributed by atoms with Crippen LogP contribution in [0, 0.1) is 10.7 Å². The molecule has 0 spiro atoms. The Hall–Kier alpha value is -1.55. The maximum Gasteiger partial charge on any atom is 0.238 e. The van der Waals surface area contributed by atoms with Gasteiger partial charge in [-0.05, 0) is 32.9 Å². The maximum absolute atomic E-state index is 13.2. The SMILES string of the molecule is Cc1ccc2c(c1)-c1c(ssc1=S)C(C)(C)N2C(=O)CSc1ncn[nH]1. The summed E-state index contributed by atoms with van der Waals surface area (Å²) in [6.07, 6.45) is 1.44. The van der Waals surface area contributed by atoms with Crippen molar-refractivity contribution in [3.63, 3.8) is 0 Å². The molecule has 1 aliphatic heterocycles. The molecule has 1 N–H and O–H groups in total. The van der Waals surface area contributed by atoms with Gasteiger partial charge >= 0.3 is 0 Å². The number of hydrogen-bond donors (Lipinski definition) is 1. The van der Waals surface area contributed by atoms with E-state index in [2.05, 4.69) is 42.0 Å². The molecule has 1 aromatic carbocycles. The number of aromatic nitrogens is 3. The Morgan fingerprint density at radius 1 is 1.38 bits per heavy atom. The fourth-order valence-corrected chi connectivity index (χ4v) is 7.16. The van der Waals surface area contributed by atoms with Gasteiger partial charge < -0.3 is 4.90 Å². The van der Waals surface area contributed by atoms with Crippen LogP contribution in [0.4, 0.5) is 5.69 Å². The molecular formula is C17H16N4OS4. The number of nitrogens with one attached hydrogen (secondary N) is 1. The zero-order valence-corrected chi connectivity index (χ0v) is 17.7. The van der Waals surface area contributed by atoms with Gasteiger partial charge in [0.05, 0.1) is 21.9 Å². The smallest absolute Gasteiger partial charge is 0.238 e. The summed E-state index contributed by atoms with van der Waals surface area (Å²) in [4.78, 5) is 20.3. The molecule has 0 aliphatic carbocycles. The number of carbonyl (C=O) groups excluding carboxylic acids is 1. The normalized spacial score (nSPS) is 14.8. The summed E-state index contributed by atoms with van der Waals surface area (Å²) in [6, 6.07) is 6.20. The summed E-state index contributed by atoms with van der Waals surface area (Å²) < 4.78 is 0.896. The van der Waals surface area contributed by atoms with Gasteiger partial charge in [-0.25, -0.2) is 4.98 Å². The molecule has 4 rings (SSSR count). The standard InChI is InChI=1S/C17H16N4OS4/c1-9-4-5-11-10(6-9)13-14(25-26-15(13)23)17(2,3)21(11)12(22)7-24-16-18-8-19-20-16/h4-6,8H,7H2,1-3H3,(H,18,19,20). The number of amides is 1. The van der Waals surface area contributed by atoms with Crippen LogP contribution in [-0.2, 0) is 10.3 Å². The third kappa shape index (κ3) is 2.83. The molecule has 26 heavy (non-hydrogen) atoms. The van der Waals surface area contributed by atoms with Gasteiger partial charge in [-0.15, -0.1) is 0 Å². The van der Waals surface area contributed by atoms with E-state index in [1.165, 1.54) is 18.1 Å². The summed E-state index contributed by atoms with van der Waals surface area (Å²) in [6.45, 7) is 6.23. The van der Waals surface area contributed by atoms with Crippen LogP contribution in [0.3, 0.4) is 0 Å². The van der Waals surface area contributed by atoms with Crippen LogP contribution < -0.4 is 4.90 Å². The molecule has 9 heteroatoms. The van der Waals surface area contributed by atoms with Crippen LogP contribution in [0.5, 0.6) is 0 Å². The number of anilines is 1. The molecular weight excluding hydrogens is 404 g/mol. The molecule has 1 amide bonds. The Balaban J connectivity index is 1.79. The van der Waals surface area contributed by atoms with Crippen molar-refractivity contribution in [2.75, 3.05) is 10.7 Å². The Bertz CT molecular complexity index is 1040. The average Bonchev–Trinajstić information content (AvgIpc) is 3.23. The van der Waals surface area contributed by atoms with E-state index >= 15 is 0 Å². The lowest BCUT2D eigenvalue weighted by Gasteiger charge is -2.43. The number of hydrogen-bond acceptors (Lipinski definition) is 7. The first-order valence-electron chi connectivity index (χ1n) is 7.95. The van der Waals surface area contributed by atoms with Crippen LogP contribution in [0.25, 0.3) is 11.1 Å². The molecule has 0 bridgehead atoms. The molecule has 134 valence electrons. The molecule has 0 saturated heterocycles. The van der Waals surface area contributed by atoms with E-state index in [0.29, 0.717) is 5.16 Å². The van der Waals surface area contributed by atoms with Gasteiger partial charge in [-0.1, -0.05) is 56.3 Å². The summed E-state index contributed by atoms with van der Waals surface area (Å²) >= 11 is 6.96. The topological polar surface area (TPSA) is 61.9 Å². The van der Waals surface area contributed by atoms with E-state index < -0.39 is 5.54 Å². The summed E-state index contributed by atoms with van der Waals surface area (Å²) in [5, 5.41) is 7.25. The lowest BCUT2D eigenvalue weighted by atomic mass is 9.87. The predicted molar refractivity (Wildman–Crippen MR) is 111 cm³/mol. The number of carbonyl (C=O) groups is 1. The fraction of sp³-hybridized carbons (Fsp3) is 0.294. The van der Waals surface area contributed by atoms with Crippen LogP contribution in [0.1, 0.15) is 24.3 Å². The second-order valence-corrected chi connectivity index (χ2v) is 10.3. The van der Waals surface area contributed by atoms with E-state index in [-0.39, 0.29) is 11.7 Å². The molecule has 5 nitrogen and oxygen atoms in total. The lowest BCUT2D eigenvalue weighted by molar-refractivity contribution is -0.117. The molecule has 0 radical (unpaired) electrons. The lowest BCUT2D eigenvalue weighted by Crippen LogP contribution is -2.48. The van der Waals surface area contributed by atoms with Gasteiger partial charge in [0.25, 0.3) is 0 Å². The molecule has 0 saturated carbocycles. The van der Waals surface area contributed by atoms with Gasteiger partial charge in [0, 0.05) is 11.1 Å². The number of nitrogens with zero attached hydrogens (tertiary/aromatic N) is 3. The fourth-order valence-electron chi connectivity index (χ4n) is 3.25. The van der Waals surface area contributed by atoms with Crippen LogP contribution in [0.15, 0.2) is 29.7 Å². The summed E-state index contributed by atoms with van der Waals surface area (Å²) in [5.41, 5.74) is 3.80. The predicted octanol–water partition coefficient (Wildman–Crippen LogP) is 5.01. The number of fused-ring (bicyclic) bond motifs is 3. The van der Waals surface area contributed by atoms with Gasteiger partial charge in [-0.3, -0.25) is 9.89 Å². The van der Waals surface area contributed by atoms with Crippen LogP contribution >= 0.6 is 44.7 Å². The number of H-pyrrole nitrogens is 1. The largest absolute Gasteiger partial charge is 0.301 e. The Morgan fingerprint density at radius 3 is 2.92 bits per heavy atom. The maximum atomic E-state index is 13.2. The molecule has 3 heterocycles. The van der Waals surface area contributed by atoms with Crippen LogP contribution in [-0.4, -0.2) is 26.8 Å². The minimum atomic E-state index is -0.450. The molecule has 0 fully saturated rings. The van der Waals surface area contributed by atoms with Crippen molar-refractivity contribution in [2.24, 2.45) is 0 Å². The first-order chi connectivity index (χ1) is 12.4. The molecule has 0 atom stereocenters. The zero-order valence-electron chi connectivity index (χ0n) is 14.4. The summed E-state index contributed by atoms with van der Waals surface area (Å²) in [5.74, 6) is 0.327. The van der Waals surface area contributed by atoms with Crippen molar-refractivity contribution in [1.82, 2.24) is 15.2 Å². The molecule has 1 aliphatic rings. The Kier molecular flexibility index (Phi) is 4.50. The van der Waals surface area contributed by atoms with E-state index in [4.69, 9.17) is 12.2 Å². The number of benzene rings is 1. The first kappa shape index (κ1) is 17.8. The number of aromatic amines is 1. The van der Waals surface area contributed by atoms with Crippen molar-refractivity contribution in [2.45, 2.75) is 31.5 Å². The zero-order chi connectivity index (χ0) is 18.5. The molecule has 0 unspecified atom stereocenters. The molecule has 3 aromatic rings.